The van der Waals surface area contributed by atoms with Gasteiger partial charge in [0.25, 0.3) is 0 Å². The fourth-order valence-corrected chi connectivity index (χ4v) is 3.43. The molecule has 3 rings (SSSR count). The minimum absolute atomic E-state index is 0. The predicted octanol–water partition coefficient (Wildman–Crippen LogP) is 3.98. The topological polar surface area (TPSA) is 30.9 Å². The molecule has 0 aliphatic carbocycles. The van der Waals surface area contributed by atoms with E-state index in [1.165, 1.54) is 24.2 Å². The van der Waals surface area contributed by atoms with Crippen LogP contribution in [0.4, 0.5) is 10.1 Å². The average molecular weight is 482 g/mol. The van der Waals surface area contributed by atoms with Crippen LogP contribution < -0.4 is 10.2 Å². The Hall–Kier alpha value is -1.83. The molecule has 1 N–H and O–H groups in total. The van der Waals surface area contributed by atoms with E-state index in [1.54, 1.807) is 7.05 Å². The fourth-order valence-electron chi connectivity index (χ4n) is 3.43. The Morgan fingerprint density at radius 1 is 1.19 bits per heavy atom. The molecule has 2 aromatic carbocycles. The monoisotopic (exact) mass is 482 g/mol. The molecule has 0 saturated carbocycles. The van der Waals surface area contributed by atoms with Gasteiger partial charge in [-0.2, -0.15) is 0 Å². The summed E-state index contributed by atoms with van der Waals surface area (Å²) in [4.78, 5) is 8.89. The smallest absolute Gasteiger partial charge is 0.193 e. The maximum absolute atomic E-state index is 13.0. The molecule has 2 aromatic rings. The van der Waals surface area contributed by atoms with Crippen molar-refractivity contribution in [1.29, 1.82) is 0 Å². The van der Waals surface area contributed by atoms with Crippen LogP contribution in [0.1, 0.15) is 12.0 Å². The molecule has 0 aromatic heterocycles. The molecule has 0 radical (unpaired) electrons. The van der Waals surface area contributed by atoms with E-state index >= 15 is 0 Å². The second-order valence-electron chi connectivity index (χ2n) is 6.85. The number of nitrogens with zero attached hydrogens (tertiary/aromatic N) is 3. The number of aliphatic imine (C=N–C) groups is 1. The molecule has 27 heavy (non-hydrogen) atoms. The lowest BCUT2D eigenvalue weighted by Crippen LogP contribution is -2.41. The van der Waals surface area contributed by atoms with Crippen LogP contribution in [0, 0.1) is 11.7 Å². The molecule has 1 saturated heterocycles. The van der Waals surface area contributed by atoms with Gasteiger partial charge in [0.05, 0.1) is 0 Å². The third kappa shape index (κ3) is 6.09. The Morgan fingerprint density at radius 2 is 1.89 bits per heavy atom. The Morgan fingerprint density at radius 3 is 2.56 bits per heavy atom. The maximum Gasteiger partial charge on any atom is 0.193 e. The molecule has 1 unspecified atom stereocenters. The Balaban J connectivity index is 0.00000261. The molecule has 0 bridgehead atoms. The maximum atomic E-state index is 13.0. The number of hydrogen-bond acceptors (Lipinski definition) is 2. The quantitative estimate of drug-likeness (QED) is 0.398. The van der Waals surface area contributed by atoms with Crippen molar-refractivity contribution in [2.75, 3.05) is 38.6 Å². The normalized spacial score (nSPS) is 16.8. The number of rotatable bonds is 5. The van der Waals surface area contributed by atoms with Gasteiger partial charge in [0.15, 0.2) is 5.96 Å². The third-order valence-corrected chi connectivity index (χ3v) is 4.86. The van der Waals surface area contributed by atoms with Crippen LogP contribution in [0.3, 0.4) is 0 Å². The molecule has 1 fully saturated rings. The zero-order valence-corrected chi connectivity index (χ0v) is 18.3. The SMILES string of the molecule is CN=C(NCC1CCN(c2ccccc2)C1)N(C)Cc1ccc(F)cc1.I. The van der Waals surface area contributed by atoms with Crippen molar-refractivity contribution < 1.29 is 4.39 Å². The molecule has 0 spiro atoms. The van der Waals surface area contributed by atoms with E-state index in [4.69, 9.17) is 0 Å². The zero-order valence-electron chi connectivity index (χ0n) is 15.9. The molecule has 1 atom stereocenters. The molecule has 1 aliphatic heterocycles. The van der Waals surface area contributed by atoms with Crippen LogP contribution >= 0.6 is 24.0 Å². The van der Waals surface area contributed by atoms with Crippen molar-refractivity contribution >= 4 is 35.6 Å². The summed E-state index contributed by atoms with van der Waals surface area (Å²) in [5.41, 5.74) is 2.36. The number of halogens is 2. The van der Waals surface area contributed by atoms with Crippen molar-refractivity contribution in [3.8, 4) is 0 Å². The van der Waals surface area contributed by atoms with E-state index in [9.17, 15) is 4.39 Å². The minimum Gasteiger partial charge on any atom is -0.371 e. The van der Waals surface area contributed by atoms with E-state index in [2.05, 4.69) is 50.4 Å². The van der Waals surface area contributed by atoms with Crippen LogP contribution in [-0.4, -0.2) is 44.6 Å². The molecule has 0 amide bonds. The van der Waals surface area contributed by atoms with Crippen LogP contribution in [0.15, 0.2) is 59.6 Å². The van der Waals surface area contributed by atoms with Gasteiger partial charge in [-0.25, -0.2) is 4.39 Å². The lowest BCUT2D eigenvalue weighted by molar-refractivity contribution is 0.462. The predicted molar refractivity (Wildman–Crippen MR) is 121 cm³/mol. The first-order valence-corrected chi connectivity index (χ1v) is 9.12. The number of anilines is 1. The number of hydrogen-bond donors (Lipinski definition) is 1. The average Bonchev–Trinajstić information content (AvgIpc) is 3.14. The minimum atomic E-state index is -0.205. The van der Waals surface area contributed by atoms with Gasteiger partial charge in [-0.15, -0.1) is 24.0 Å². The van der Waals surface area contributed by atoms with E-state index in [0.29, 0.717) is 12.5 Å². The summed E-state index contributed by atoms with van der Waals surface area (Å²) in [6.45, 7) is 3.76. The first kappa shape index (κ1) is 21.5. The first-order valence-electron chi connectivity index (χ1n) is 9.12. The van der Waals surface area contributed by atoms with Gasteiger partial charge in [-0.1, -0.05) is 30.3 Å². The van der Waals surface area contributed by atoms with Crippen molar-refractivity contribution in [3.05, 3.63) is 66.0 Å². The summed E-state index contributed by atoms with van der Waals surface area (Å²) >= 11 is 0. The number of guanidine groups is 1. The summed E-state index contributed by atoms with van der Waals surface area (Å²) in [7, 11) is 3.80. The van der Waals surface area contributed by atoms with Crippen molar-refractivity contribution in [2.45, 2.75) is 13.0 Å². The van der Waals surface area contributed by atoms with Gasteiger partial charge in [-0.05, 0) is 42.2 Å². The molecule has 146 valence electrons. The van der Waals surface area contributed by atoms with Crippen molar-refractivity contribution in [3.63, 3.8) is 0 Å². The summed E-state index contributed by atoms with van der Waals surface area (Å²) in [5.74, 6) is 1.27. The van der Waals surface area contributed by atoms with Gasteiger partial charge >= 0.3 is 0 Å². The van der Waals surface area contributed by atoms with E-state index in [1.807, 2.05) is 19.2 Å². The van der Waals surface area contributed by atoms with Gasteiger partial charge < -0.3 is 15.1 Å². The fraction of sp³-hybridized carbons (Fsp3) is 0.381. The van der Waals surface area contributed by atoms with Crippen LogP contribution in [0.2, 0.25) is 0 Å². The summed E-state index contributed by atoms with van der Waals surface area (Å²) in [5, 5.41) is 3.49. The summed E-state index contributed by atoms with van der Waals surface area (Å²) < 4.78 is 13.0. The Labute approximate surface area is 178 Å². The van der Waals surface area contributed by atoms with E-state index in [0.717, 1.165) is 31.2 Å². The standard InChI is InChI=1S/C21H27FN4.HI/c1-23-21(25(2)15-17-8-10-19(22)11-9-17)24-14-18-12-13-26(16-18)20-6-4-3-5-7-20;/h3-11,18H,12-16H2,1-2H3,(H,23,24);1H. The summed E-state index contributed by atoms with van der Waals surface area (Å²) in [6.07, 6.45) is 1.18. The highest BCUT2D eigenvalue weighted by atomic mass is 127. The Kier molecular flexibility index (Phi) is 8.34. The van der Waals surface area contributed by atoms with Crippen LogP contribution in [-0.2, 0) is 6.54 Å². The summed E-state index contributed by atoms with van der Waals surface area (Å²) in [6, 6.07) is 17.2. The molecule has 6 heteroatoms. The van der Waals surface area contributed by atoms with Gasteiger partial charge in [0.1, 0.15) is 5.82 Å². The van der Waals surface area contributed by atoms with E-state index in [-0.39, 0.29) is 29.8 Å². The highest BCUT2D eigenvalue weighted by molar-refractivity contribution is 14.0. The van der Waals surface area contributed by atoms with Crippen molar-refractivity contribution in [2.24, 2.45) is 10.9 Å². The number of nitrogens with one attached hydrogen (secondary N) is 1. The molecule has 1 aliphatic rings. The lowest BCUT2D eigenvalue weighted by atomic mass is 10.1. The molecular formula is C21H28FIN4. The molecular weight excluding hydrogens is 454 g/mol. The third-order valence-electron chi connectivity index (χ3n) is 4.86. The number of para-hydroxylation sites is 1. The lowest BCUT2D eigenvalue weighted by Gasteiger charge is -2.24. The largest absolute Gasteiger partial charge is 0.371 e. The Bertz CT molecular complexity index is 721. The number of benzene rings is 2. The van der Waals surface area contributed by atoms with Crippen LogP contribution in [0.5, 0.6) is 0 Å². The second-order valence-corrected chi connectivity index (χ2v) is 6.85. The first-order chi connectivity index (χ1) is 12.7. The second kappa shape index (κ2) is 10.5. The molecule has 4 nitrogen and oxygen atoms in total. The zero-order chi connectivity index (χ0) is 18.4. The van der Waals surface area contributed by atoms with Crippen LogP contribution in [0.25, 0.3) is 0 Å². The highest BCUT2D eigenvalue weighted by Crippen LogP contribution is 2.23. The van der Waals surface area contributed by atoms with Gasteiger partial charge in [-0.3, -0.25) is 4.99 Å². The van der Waals surface area contributed by atoms with Crippen molar-refractivity contribution in [1.82, 2.24) is 10.2 Å². The van der Waals surface area contributed by atoms with Gasteiger partial charge in [0, 0.05) is 46.0 Å². The highest BCUT2D eigenvalue weighted by Gasteiger charge is 2.23. The van der Waals surface area contributed by atoms with E-state index < -0.39 is 0 Å². The molecule has 1 heterocycles. The van der Waals surface area contributed by atoms with Gasteiger partial charge in [0.2, 0.25) is 0 Å².